The Morgan fingerprint density at radius 3 is 2.95 bits per heavy atom. The van der Waals surface area contributed by atoms with Crippen LogP contribution in [0.2, 0.25) is 0 Å². The molecule has 1 heterocycles. The number of aryl methyl sites for hydroxylation is 1. The Labute approximate surface area is 112 Å². The van der Waals surface area contributed by atoms with Crippen molar-refractivity contribution in [2.45, 2.75) is 13.3 Å². The average Bonchev–Trinajstić information content (AvgIpc) is 2.80. The molecule has 0 amide bonds. The van der Waals surface area contributed by atoms with Crippen LogP contribution in [0.1, 0.15) is 12.7 Å². The van der Waals surface area contributed by atoms with Crippen molar-refractivity contribution < 1.29 is 4.74 Å². The zero-order valence-corrected chi connectivity index (χ0v) is 11.3. The second-order valence-electron chi connectivity index (χ2n) is 4.19. The number of nitrogen functional groups attached to an aromatic ring is 1. The molecule has 2 rings (SSSR count). The highest BCUT2D eigenvalue weighted by Gasteiger charge is 2.06. The molecule has 0 aliphatic carbocycles. The monoisotopic (exact) mass is 261 g/mol. The quantitative estimate of drug-likeness (QED) is 0.769. The predicted octanol–water partition coefficient (Wildman–Crippen LogP) is 1.45. The van der Waals surface area contributed by atoms with Gasteiger partial charge in [-0.2, -0.15) is 0 Å². The number of aromatic nitrogens is 3. The van der Waals surface area contributed by atoms with Gasteiger partial charge in [-0.25, -0.2) is 0 Å². The van der Waals surface area contributed by atoms with Crippen LogP contribution in [0.15, 0.2) is 24.5 Å². The van der Waals surface area contributed by atoms with Crippen molar-refractivity contribution >= 4 is 11.4 Å². The Morgan fingerprint density at radius 2 is 2.26 bits per heavy atom. The number of benzene rings is 1. The van der Waals surface area contributed by atoms with E-state index in [0.717, 1.165) is 24.5 Å². The zero-order valence-electron chi connectivity index (χ0n) is 11.3. The van der Waals surface area contributed by atoms with Gasteiger partial charge in [0.1, 0.15) is 17.9 Å². The van der Waals surface area contributed by atoms with E-state index in [1.54, 1.807) is 6.33 Å². The molecule has 0 atom stereocenters. The highest BCUT2D eigenvalue weighted by Crippen LogP contribution is 2.29. The van der Waals surface area contributed by atoms with Crippen molar-refractivity contribution in [3.05, 3.63) is 30.4 Å². The number of nitrogens with two attached hydrogens (primary N) is 1. The summed E-state index contributed by atoms with van der Waals surface area (Å²) in [4.78, 5) is 0. The van der Waals surface area contributed by atoms with E-state index in [4.69, 9.17) is 10.5 Å². The van der Waals surface area contributed by atoms with Crippen LogP contribution >= 0.6 is 0 Å². The Bertz CT molecular complexity index is 538. The molecule has 3 N–H and O–H groups in total. The number of rotatable bonds is 6. The van der Waals surface area contributed by atoms with E-state index in [-0.39, 0.29) is 0 Å². The number of ether oxygens (including phenoxy) is 1. The van der Waals surface area contributed by atoms with Crippen molar-refractivity contribution in [2.75, 3.05) is 24.2 Å². The van der Waals surface area contributed by atoms with Gasteiger partial charge in [0.25, 0.3) is 0 Å². The minimum Gasteiger partial charge on any atom is -0.492 e. The lowest BCUT2D eigenvalue weighted by Crippen LogP contribution is -2.10. The van der Waals surface area contributed by atoms with Crippen LogP contribution in [-0.4, -0.2) is 27.9 Å². The molecule has 6 heteroatoms. The largest absolute Gasteiger partial charge is 0.492 e. The first kappa shape index (κ1) is 13.2. The van der Waals surface area contributed by atoms with E-state index in [2.05, 4.69) is 15.5 Å². The van der Waals surface area contributed by atoms with Gasteiger partial charge in [0.05, 0.1) is 18.0 Å². The average molecular weight is 261 g/mol. The number of nitrogens with zero attached hydrogens (tertiary/aromatic N) is 3. The summed E-state index contributed by atoms with van der Waals surface area (Å²) in [7, 11) is 1.93. The highest BCUT2D eigenvalue weighted by atomic mass is 16.5. The number of anilines is 2. The molecule has 0 spiro atoms. The summed E-state index contributed by atoms with van der Waals surface area (Å²) in [6, 6.07) is 5.73. The SMILES string of the molecule is CCOc1cccc(NCCc2nncn2C)c1N. The van der Waals surface area contributed by atoms with Gasteiger partial charge in [0.15, 0.2) is 0 Å². The van der Waals surface area contributed by atoms with E-state index in [9.17, 15) is 0 Å². The Kier molecular flexibility index (Phi) is 4.22. The maximum absolute atomic E-state index is 6.04. The van der Waals surface area contributed by atoms with E-state index in [1.807, 2.05) is 36.7 Å². The molecule has 0 saturated heterocycles. The summed E-state index contributed by atoms with van der Waals surface area (Å²) in [5.74, 6) is 1.65. The Morgan fingerprint density at radius 1 is 1.42 bits per heavy atom. The van der Waals surface area contributed by atoms with Gasteiger partial charge in [-0.3, -0.25) is 0 Å². The molecule has 0 fully saturated rings. The van der Waals surface area contributed by atoms with Crippen LogP contribution in [0.25, 0.3) is 0 Å². The molecule has 0 bridgehead atoms. The van der Waals surface area contributed by atoms with Crippen molar-refractivity contribution in [1.82, 2.24) is 14.8 Å². The van der Waals surface area contributed by atoms with Crippen LogP contribution < -0.4 is 15.8 Å². The van der Waals surface area contributed by atoms with Crippen molar-refractivity contribution in [3.63, 3.8) is 0 Å². The van der Waals surface area contributed by atoms with Crippen LogP contribution in [0.5, 0.6) is 5.75 Å². The van der Waals surface area contributed by atoms with Gasteiger partial charge in [-0.1, -0.05) is 6.07 Å². The predicted molar refractivity (Wildman–Crippen MR) is 75.2 cm³/mol. The minimum absolute atomic E-state index is 0.604. The first-order valence-electron chi connectivity index (χ1n) is 6.30. The third-order valence-electron chi connectivity index (χ3n) is 2.84. The summed E-state index contributed by atoms with van der Waals surface area (Å²) in [6.07, 6.45) is 2.48. The lowest BCUT2D eigenvalue weighted by atomic mass is 10.2. The van der Waals surface area contributed by atoms with Crippen LogP contribution in [0.4, 0.5) is 11.4 Å². The number of hydrogen-bond donors (Lipinski definition) is 2. The van der Waals surface area contributed by atoms with Crippen molar-refractivity contribution in [1.29, 1.82) is 0 Å². The first-order chi connectivity index (χ1) is 9.22. The lowest BCUT2D eigenvalue weighted by Gasteiger charge is -2.12. The normalized spacial score (nSPS) is 10.4. The highest BCUT2D eigenvalue weighted by molar-refractivity contribution is 5.72. The third-order valence-corrected chi connectivity index (χ3v) is 2.84. The number of nitrogens with one attached hydrogen (secondary N) is 1. The fraction of sp³-hybridized carbons (Fsp3) is 0.385. The second-order valence-corrected chi connectivity index (χ2v) is 4.19. The van der Waals surface area contributed by atoms with E-state index >= 15 is 0 Å². The second kappa shape index (κ2) is 6.08. The molecule has 0 aliphatic heterocycles. The summed E-state index contributed by atoms with van der Waals surface area (Å²) >= 11 is 0. The number of hydrogen-bond acceptors (Lipinski definition) is 5. The molecule has 6 nitrogen and oxygen atoms in total. The topological polar surface area (TPSA) is 78.0 Å². The standard InChI is InChI=1S/C13H19N5O/c1-3-19-11-6-4-5-10(13(11)14)15-8-7-12-17-16-9-18(12)2/h4-6,9,15H,3,7-8,14H2,1-2H3. The Hall–Kier alpha value is -2.24. The summed E-state index contributed by atoms with van der Waals surface area (Å²) in [6.45, 7) is 3.28. The summed E-state index contributed by atoms with van der Waals surface area (Å²) < 4.78 is 7.36. The smallest absolute Gasteiger partial charge is 0.144 e. The number of para-hydroxylation sites is 1. The van der Waals surface area contributed by atoms with Crippen LogP contribution in [-0.2, 0) is 13.5 Å². The Balaban J connectivity index is 1.96. The fourth-order valence-corrected chi connectivity index (χ4v) is 1.82. The summed E-state index contributed by atoms with van der Waals surface area (Å²) in [5.41, 5.74) is 7.56. The molecular weight excluding hydrogens is 242 g/mol. The molecule has 0 saturated carbocycles. The lowest BCUT2D eigenvalue weighted by molar-refractivity contribution is 0.342. The molecule has 0 aliphatic rings. The molecule has 2 aromatic rings. The fourth-order valence-electron chi connectivity index (χ4n) is 1.82. The van der Waals surface area contributed by atoms with Gasteiger partial charge in [-0.05, 0) is 19.1 Å². The van der Waals surface area contributed by atoms with Gasteiger partial charge < -0.3 is 20.4 Å². The maximum atomic E-state index is 6.04. The van der Waals surface area contributed by atoms with E-state index in [1.165, 1.54) is 0 Å². The molecule has 1 aromatic carbocycles. The minimum atomic E-state index is 0.604. The molecule has 0 radical (unpaired) electrons. The molecular formula is C13H19N5O. The maximum Gasteiger partial charge on any atom is 0.144 e. The summed E-state index contributed by atoms with van der Waals surface area (Å²) in [5, 5.41) is 11.2. The zero-order chi connectivity index (χ0) is 13.7. The third kappa shape index (κ3) is 3.15. The molecule has 19 heavy (non-hydrogen) atoms. The molecule has 102 valence electrons. The van der Waals surface area contributed by atoms with Gasteiger partial charge in [0, 0.05) is 20.0 Å². The van der Waals surface area contributed by atoms with Crippen molar-refractivity contribution in [2.24, 2.45) is 7.05 Å². The van der Waals surface area contributed by atoms with Gasteiger partial charge in [-0.15, -0.1) is 10.2 Å². The van der Waals surface area contributed by atoms with E-state index < -0.39 is 0 Å². The molecule has 1 aromatic heterocycles. The first-order valence-corrected chi connectivity index (χ1v) is 6.30. The molecule has 0 unspecified atom stereocenters. The van der Waals surface area contributed by atoms with Crippen molar-refractivity contribution in [3.8, 4) is 5.75 Å². The van der Waals surface area contributed by atoms with Gasteiger partial charge >= 0.3 is 0 Å². The van der Waals surface area contributed by atoms with Crippen LogP contribution in [0, 0.1) is 0 Å². The van der Waals surface area contributed by atoms with Crippen LogP contribution in [0.3, 0.4) is 0 Å². The van der Waals surface area contributed by atoms with E-state index in [0.29, 0.717) is 18.0 Å². The van der Waals surface area contributed by atoms with Gasteiger partial charge in [0.2, 0.25) is 0 Å².